The van der Waals surface area contributed by atoms with Crippen molar-refractivity contribution in [3.05, 3.63) is 0 Å². The molecule has 0 amide bonds. The summed E-state index contributed by atoms with van der Waals surface area (Å²) in [5, 5.41) is 0.495. The third-order valence-electron chi connectivity index (χ3n) is 10.4. The Labute approximate surface area is 185 Å². The van der Waals surface area contributed by atoms with Gasteiger partial charge in [-0.15, -0.1) is 11.6 Å². The Kier molecular flexibility index (Phi) is 6.56. The number of fused-ring (bicyclic) bond motifs is 3. The minimum atomic E-state index is 0.495. The molecule has 0 aliphatic heterocycles. The third kappa shape index (κ3) is 4.18. The Morgan fingerprint density at radius 1 is 0.655 bits per heavy atom. The third-order valence-corrected chi connectivity index (χ3v) is 10.9. The molecule has 166 valence electrons. The van der Waals surface area contributed by atoms with Crippen molar-refractivity contribution in [2.75, 3.05) is 0 Å². The van der Waals surface area contributed by atoms with Crippen molar-refractivity contribution in [1.82, 2.24) is 4.90 Å². The SMILES string of the molecule is CC1CCC(N(C2CCC3C(CC4CCCC(Cl)C43)C2)C2CCCCC2C)CC1. The fourth-order valence-corrected chi connectivity index (χ4v) is 9.51. The molecule has 0 bridgehead atoms. The zero-order valence-corrected chi connectivity index (χ0v) is 20.0. The van der Waals surface area contributed by atoms with Crippen molar-refractivity contribution >= 4 is 11.6 Å². The smallest absolute Gasteiger partial charge is 0.0369 e. The van der Waals surface area contributed by atoms with Crippen LogP contribution in [0.25, 0.3) is 0 Å². The van der Waals surface area contributed by atoms with Gasteiger partial charge in [-0.2, -0.15) is 0 Å². The van der Waals surface area contributed by atoms with E-state index < -0.39 is 0 Å². The second-order valence-electron chi connectivity index (χ2n) is 12.1. The molecule has 0 spiro atoms. The van der Waals surface area contributed by atoms with Crippen LogP contribution < -0.4 is 0 Å². The van der Waals surface area contributed by atoms with Gasteiger partial charge in [-0.1, -0.05) is 39.5 Å². The van der Waals surface area contributed by atoms with Crippen LogP contribution in [0.2, 0.25) is 0 Å². The lowest BCUT2D eigenvalue weighted by Gasteiger charge is -2.51. The lowest BCUT2D eigenvalue weighted by atomic mass is 9.71. The average Bonchev–Trinajstić information content (AvgIpc) is 3.10. The van der Waals surface area contributed by atoms with E-state index in [1.807, 2.05) is 0 Å². The number of hydrogen-bond donors (Lipinski definition) is 0. The molecule has 5 aliphatic rings. The van der Waals surface area contributed by atoms with Crippen molar-refractivity contribution in [3.63, 3.8) is 0 Å². The minimum Gasteiger partial charge on any atom is -0.294 e. The standard InChI is InChI=1S/C27H46ClN/c1-18-10-12-22(13-11-18)29(26-9-4-3-6-19(26)2)23-14-15-24-21(17-23)16-20-7-5-8-25(28)27(20)24/h18-27H,3-17H2,1-2H3. The summed E-state index contributed by atoms with van der Waals surface area (Å²) in [6, 6.07) is 2.66. The van der Waals surface area contributed by atoms with Crippen LogP contribution in [0.1, 0.15) is 110 Å². The monoisotopic (exact) mass is 419 g/mol. The Balaban J connectivity index is 1.33. The van der Waals surface area contributed by atoms with Gasteiger partial charge in [-0.05, 0) is 106 Å². The molecule has 8 atom stereocenters. The van der Waals surface area contributed by atoms with E-state index in [2.05, 4.69) is 18.7 Å². The number of hydrogen-bond acceptors (Lipinski definition) is 1. The quantitative estimate of drug-likeness (QED) is 0.424. The Morgan fingerprint density at radius 3 is 2.21 bits per heavy atom. The highest BCUT2D eigenvalue weighted by Gasteiger charge is 2.51. The van der Waals surface area contributed by atoms with Crippen LogP contribution in [-0.2, 0) is 0 Å². The fraction of sp³-hybridized carbons (Fsp3) is 1.00. The summed E-state index contributed by atoms with van der Waals surface area (Å²) < 4.78 is 0. The maximum atomic E-state index is 6.90. The van der Waals surface area contributed by atoms with Crippen LogP contribution in [0.4, 0.5) is 0 Å². The van der Waals surface area contributed by atoms with Crippen molar-refractivity contribution in [3.8, 4) is 0 Å². The van der Waals surface area contributed by atoms with Crippen molar-refractivity contribution in [2.45, 2.75) is 134 Å². The first-order chi connectivity index (χ1) is 14.1. The highest BCUT2D eigenvalue weighted by molar-refractivity contribution is 6.20. The maximum absolute atomic E-state index is 6.90. The van der Waals surface area contributed by atoms with E-state index in [1.165, 1.54) is 96.3 Å². The molecule has 2 heteroatoms. The first kappa shape index (κ1) is 21.1. The molecule has 0 aromatic rings. The molecule has 29 heavy (non-hydrogen) atoms. The van der Waals surface area contributed by atoms with Gasteiger partial charge in [0.1, 0.15) is 0 Å². The number of halogens is 1. The first-order valence-corrected chi connectivity index (χ1v) is 14.0. The predicted molar refractivity (Wildman–Crippen MR) is 124 cm³/mol. The lowest BCUT2D eigenvalue weighted by molar-refractivity contribution is -0.0205. The molecule has 0 heterocycles. The van der Waals surface area contributed by atoms with E-state index in [-0.39, 0.29) is 0 Å². The van der Waals surface area contributed by atoms with Gasteiger partial charge < -0.3 is 0 Å². The first-order valence-electron chi connectivity index (χ1n) is 13.5. The van der Waals surface area contributed by atoms with Gasteiger partial charge >= 0.3 is 0 Å². The van der Waals surface area contributed by atoms with Gasteiger partial charge in [-0.25, -0.2) is 0 Å². The number of alkyl halides is 1. The second kappa shape index (κ2) is 9.01. The van der Waals surface area contributed by atoms with Crippen LogP contribution in [0, 0.1) is 35.5 Å². The van der Waals surface area contributed by atoms with Crippen LogP contribution in [-0.4, -0.2) is 28.4 Å². The largest absolute Gasteiger partial charge is 0.294 e. The van der Waals surface area contributed by atoms with E-state index in [4.69, 9.17) is 11.6 Å². The molecule has 0 aromatic carbocycles. The predicted octanol–water partition coefficient (Wildman–Crippen LogP) is 7.66. The van der Waals surface area contributed by atoms with Crippen LogP contribution in [0.3, 0.4) is 0 Å². The van der Waals surface area contributed by atoms with Gasteiger partial charge in [0, 0.05) is 23.5 Å². The molecule has 0 N–H and O–H groups in total. The van der Waals surface area contributed by atoms with Crippen molar-refractivity contribution in [1.29, 1.82) is 0 Å². The van der Waals surface area contributed by atoms with Gasteiger partial charge in [0.15, 0.2) is 0 Å². The Hall–Kier alpha value is 0.250. The van der Waals surface area contributed by atoms with Gasteiger partial charge in [0.2, 0.25) is 0 Å². The Morgan fingerprint density at radius 2 is 1.41 bits per heavy atom. The van der Waals surface area contributed by atoms with Gasteiger partial charge in [0.25, 0.3) is 0 Å². The molecular formula is C27H46ClN. The van der Waals surface area contributed by atoms with Crippen molar-refractivity contribution < 1.29 is 0 Å². The molecule has 5 aliphatic carbocycles. The van der Waals surface area contributed by atoms with Crippen molar-refractivity contribution in [2.24, 2.45) is 35.5 Å². The van der Waals surface area contributed by atoms with E-state index in [0.717, 1.165) is 53.6 Å². The normalized spacial score (nSPS) is 50.9. The molecule has 0 radical (unpaired) electrons. The average molecular weight is 420 g/mol. The highest BCUT2D eigenvalue weighted by atomic mass is 35.5. The van der Waals surface area contributed by atoms with E-state index in [9.17, 15) is 0 Å². The molecule has 8 unspecified atom stereocenters. The zero-order valence-electron chi connectivity index (χ0n) is 19.2. The number of rotatable bonds is 3. The summed E-state index contributed by atoms with van der Waals surface area (Å²) in [5.74, 6) is 5.68. The van der Waals surface area contributed by atoms with Crippen LogP contribution in [0.5, 0.6) is 0 Å². The summed E-state index contributed by atoms with van der Waals surface area (Å²) in [6.07, 6.45) is 22.0. The fourth-order valence-electron chi connectivity index (χ4n) is 8.97. The molecular weight excluding hydrogens is 374 g/mol. The molecule has 5 saturated carbocycles. The summed E-state index contributed by atoms with van der Waals surface area (Å²) in [7, 11) is 0. The number of nitrogens with zero attached hydrogens (tertiary/aromatic N) is 1. The van der Waals surface area contributed by atoms with E-state index >= 15 is 0 Å². The summed E-state index contributed by atoms with van der Waals surface area (Å²) in [5.41, 5.74) is 0. The summed E-state index contributed by atoms with van der Waals surface area (Å²) >= 11 is 6.90. The second-order valence-corrected chi connectivity index (χ2v) is 12.7. The molecule has 5 fully saturated rings. The summed E-state index contributed by atoms with van der Waals surface area (Å²) in [6.45, 7) is 5.06. The van der Waals surface area contributed by atoms with Gasteiger partial charge in [0.05, 0.1) is 0 Å². The Bertz CT molecular complexity index is 541. The molecule has 0 aromatic heterocycles. The zero-order chi connectivity index (χ0) is 20.0. The van der Waals surface area contributed by atoms with Gasteiger partial charge in [-0.3, -0.25) is 4.90 Å². The molecule has 5 rings (SSSR count). The van der Waals surface area contributed by atoms with Crippen LogP contribution in [0.15, 0.2) is 0 Å². The molecule has 0 saturated heterocycles. The highest BCUT2D eigenvalue weighted by Crippen LogP contribution is 2.56. The summed E-state index contributed by atoms with van der Waals surface area (Å²) in [4.78, 5) is 3.19. The molecule has 1 nitrogen and oxygen atoms in total. The lowest BCUT2D eigenvalue weighted by Crippen LogP contribution is -2.55. The topological polar surface area (TPSA) is 3.24 Å². The van der Waals surface area contributed by atoms with Crippen LogP contribution >= 0.6 is 11.6 Å². The maximum Gasteiger partial charge on any atom is 0.0369 e. The minimum absolute atomic E-state index is 0.495. The van der Waals surface area contributed by atoms with E-state index in [1.54, 1.807) is 0 Å². The van der Waals surface area contributed by atoms with E-state index in [0.29, 0.717) is 5.38 Å².